The van der Waals surface area contributed by atoms with Crippen LogP contribution in [0.5, 0.6) is 17.2 Å². The van der Waals surface area contributed by atoms with E-state index in [1.54, 1.807) is 51.1 Å². The van der Waals surface area contributed by atoms with Crippen LogP contribution in [-0.4, -0.2) is 39.3 Å². The Morgan fingerprint density at radius 2 is 1.16 bits per heavy atom. The van der Waals surface area contributed by atoms with E-state index in [1.807, 2.05) is 48.5 Å². The molecule has 5 aromatic rings. The molecule has 0 atom stereocenters. The van der Waals surface area contributed by atoms with E-state index in [2.05, 4.69) is 24.4 Å². The molecule has 0 aliphatic carbocycles. The third-order valence-electron chi connectivity index (χ3n) is 4.82. The second-order valence-electron chi connectivity index (χ2n) is 7.28. The Hall–Kier alpha value is -4.43. The number of ether oxygens (including phenoxy) is 2. The van der Waals surface area contributed by atoms with E-state index in [4.69, 9.17) is 14.6 Å². The van der Waals surface area contributed by atoms with Crippen molar-refractivity contribution >= 4 is 0 Å². The average molecular weight is 600 g/mol. The summed E-state index contributed by atoms with van der Waals surface area (Å²) in [4.78, 5) is 27.4. The van der Waals surface area contributed by atoms with Gasteiger partial charge < -0.3 is 19.0 Å². The predicted octanol–water partition coefficient (Wildman–Crippen LogP) is 4.96. The molecule has 38 heavy (non-hydrogen) atoms. The molecule has 1 N–H and O–H groups in total. The van der Waals surface area contributed by atoms with Gasteiger partial charge in [0.1, 0.15) is 17.3 Å². The van der Waals surface area contributed by atoms with Gasteiger partial charge in [-0.15, -0.1) is 0 Å². The molecule has 5 aromatic heterocycles. The van der Waals surface area contributed by atoms with Crippen LogP contribution in [0, 0.1) is 6.92 Å². The van der Waals surface area contributed by atoms with Gasteiger partial charge in [0.15, 0.2) is 0 Å². The monoisotopic (exact) mass is 600 g/mol. The zero-order chi connectivity index (χ0) is 26.5. The van der Waals surface area contributed by atoms with Gasteiger partial charge in [-0.2, -0.15) is 0 Å². The first-order valence-electron chi connectivity index (χ1n) is 11.1. The Morgan fingerprint density at radius 3 is 1.53 bits per heavy atom. The average Bonchev–Trinajstić information content (AvgIpc) is 2.97. The van der Waals surface area contributed by atoms with Crippen molar-refractivity contribution in [2.45, 2.75) is 6.92 Å². The fraction of sp³-hybridized carbons (Fsp3) is 0.107. The Labute approximate surface area is 233 Å². The summed E-state index contributed by atoms with van der Waals surface area (Å²) in [6.07, 6.45) is 8.16. The molecule has 0 bridgehead atoms. The molecule has 10 heteroatoms. The minimum absolute atomic E-state index is 0. The van der Waals surface area contributed by atoms with Crippen molar-refractivity contribution < 1.29 is 38.5 Å². The van der Waals surface area contributed by atoms with Crippen LogP contribution in [0.2, 0.25) is 0 Å². The largest absolute Gasteiger partial charge is 0.502 e. The first-order valence-corrected chi connectivity index (χ1v) is 11.1. The summed E-state index contributed by atoms with van der Waals surface area (Å²) in [5.74, 6) is 1.46. The predicted molar refractivity (Wildman–Crippen MR) is 139 cm³/mol. The fourth-order valence-electron chi connectivity index (χ4n) is 2.89. The maximum Gasteiger partial charge on any atom is 0.226 e. The number of aromatic hydroxyl groups is 1. The SMILES string of the molecule is COc1ccnc(-c2cc(OC)ccn2)c1.Cc1occc(=O)c1O.[Ru].c1ccc(-c2ccccn2)nc1. The van der Waals surface area contributed by atoms with Gasteiger partial charge in [-0.3, -0.25) is 24.7 Å². The van der Waals surface area contributed by atoms with Crippen molar-refractivity contribution in [2.24, 2.45) is 0 Å². The van der Waals surface area contributed by atoms with Crippen LogP contribution in [0.25, 0.3) is 22.8 Å². The van der Waals surface area contributed by atoms with Crippen LogP contribution >= 0.6 is 0 Å². The smallest absolute Gasteiger partial charge is 0.226 e. The van der Waals surface area contributed by atoms with Gasteiger partial charge >= 0.3 is 0 Å². The number of hydrogen-bond donors (Lipinski definition) is 1. The number of pyridine rings is 4. The number of hydrogen-bond acceptors (Lipinski definition) is 9. The molecule has 0 radical (unpaired) electrons. The summed E-state index contributed by atoms with van der Waals surface area (Å²) in [5.41, 5.74) is 2.95. The van der Waals surface area contributed by atoms with E-state index in [9.17, 15) is 4.79 Å². The zero-order valence-corrected chi connectivity index (χ0v) is 22.7. The molecular weight excluding hydrogens is 573 g/mol. The Morgan fingerprint density at radius 1 is 0.684 bits per heavy atom. The molecule has 9 nitrogen and oxygen atoms in total. The molecule has 0 aliphatic rings. The molecule has 0 amide bonds. The quantitative estimate of drug-likeness (QED) is 0.286. The van der Waals surface area contributed by atoms with E-state index < -0.39 is 5.43 Å². The second-order valence-corrected chi connectivity index (χ2v) is 7.28. The zero-order valence-electron chi connectivity index (χ0n) is 21.0. The van der Waals surface area contributed by atoms with Crippen molar-refractivity contribution in [2.75, 3.05) is 14.2 Å². The van der Waals surface area contributed by atoms with Crippen molar-refractivity contribution in [1.82, 2.24) is 19.9 Å². The van der Waals surface area contributed by atoms with Crippen LogP contribution in [0.3, 0.4) is 0 Å². The number of nitrogens with zero attached hydrogens (tertiary/aromatic N) is 4. The molecule has 5 rings (SSSR count). The van der Waals surface area contributed by atoms with Crippen molar-refractivity contribution in [3.8, 4) is 40.0 Å². The molecule has 0 aromatic carbocycles. The van der Waals surface area contributed by atoms with Gasteiger partial charge in [-0.25, -0.2) is 0 Å². The summed E-state index contributed by atoms with van der Waals surface area (Å²) < 4.78 is 15.0. The van der Waals surface area contributed by atoms with Gasteiger partial charge in [-0.05, 0) is 43.3 Å². The van der Waals surface area contributed by atoms with Gasteiger partial charge in [-0.1, -0.05) is 12.1 Å². The van der Waals surface area contributed by atoms with Crippen molar-refractivity contribution in [1.29, 1.82) is 0 Å². The Bertz CT molecular complexity index is 1370. The third-order valence-corrected chi connectivity index (χ3v) is 4.82. The Balaban J connectivity index is 0.000000206. The van der Waals surface area contributed by atoms with Gasteiger partial charge in [0.2, 0.25) is 11.2 Å². The summed E-state index contributed by atoms with van der Waals surface area (Å²) in [7, 11) is 3.25. The van der Waals surface area contributed by atoms with Crippen molar-refractivity contribution in [3.63, 3.8) is 0 Å². The van der Waals surface area contributed by atoms with Crippen LogP contribution in [0.4, 0.5) is 0 Å². The maximum absolute atomic E-state index is 10.5. The molecule has 0 unspecified atom stereocenters. The van der Waals surface area contributed by atoms with E-state index >= 15 is 0 Å². The summed E-state index contributed by atoms with van der Waals surface area (Å²) >= 11 is 0. The standard InChI is InChI=1S/C12H12N2O2.C10H8N2.C6H6O3.Ru/c1-15-9-3-5-13-11(7-9)12-8-10(16-2)4-6-14-12;1-3-7-11-9(5-1)10-6-2-4-8-12-10;1-4-6(8)5(7)2-3-9-4;/h3-8H,1-2H3;1-8H;2-3,8H,1H3;. The minimum atomic E-state index is -0.404. The summed E-state index contributed by atoms with van der Waals surface area (Å²) in [6.45, 7) is 1.52. The van der Waals surface area contributed by atoms with Gasteiger partial charge in [0, 0.05) is 62.5 Å². The number of methoxy groups -OCH3 is 2. The van der Waals surface area contributed by atoms with Gasteiger partial charge in [0.25, 0.3) is 0 Å². The molecule has 5 heterocycles. The van der Waals surface area contributed by atoms with Crippen molar-refractivity contribution in [3.05, 3.63) is 114 Å². The van der Waals surface area contributed by atoms with Gasteiger partial charge in [0.05, 0.1) is 43.3 Å². The molecule has 196 valence electrons. The summed E-state index contributed by atoms with van der Waals surface area (Å²) in [6, 6.07) is 20.0. The van der Waals surface area contributed by atoms with Crippen LogP contribution in [0.1, 0.15) is 5.76 Å². The Kier molecular flexibility index (Phi) is 12.3. The van der Waals surface area contributed by atoms with Crippen LogP contribution in [0.15, 0.2) is 107 Å². The minimum Gasteiger partial charge on any atom is -0.502 e. The normalized spacial score (nSPS) is 9.45. The molecule has 0 fully saturated rings. The maximum atomic E-state index is 10.5. The topological polar surface area (TPSA) is 120 Å². The van der Waals surface area contributed by atoms with E-state index in [-0.39, 0.29) is 31.0 Å². The van der Waals surface area contributed by atoms with E-state index in [0.717, 1.165) is 34.3 Å². The number of aryl methyl sites for hydroxylation is 1. The van der Waals surface area contributed by atoms with Crippen LogP contribution in [-0.2, 0) is 19.5 Å². The molecular formula is C28H26N4O5Ru. The van der Waals surface area contributed by atoms with Crippen LogP contribution < -0.4 is 14.9 Å². The first kappa shape index (κ1) is 29.8. The molecule has 0 aliphatic heterocycles. The molecule has 0 saturated carbocycles. The molecule has 0 spiro atoms. The summed E-state index contributed by atoms with van der Waals surface area (Å²) in [5, 5.41) is 8.80. The number of aromatic nitrogens is 4. The number of rotatable bonds is 4. The van der Waals surface area contributed by atoms with E-state index in [1.165, 1.54) is 19.3 Å². The van der Waals surface area contributed by atoms with E-state index in [0.29, 0.717) is 0 Å². The third kappa shape index (κ3) is 8.90. The first-order chi connectivity index (χ1) is 18.0. The molecule has 0 saturated heterocycles. The fourth-order valence-corrected chi connectivity index (χ4v) is 2.89. The second kappa shape index (κ2) is 15.6.